The van der Waals surface area contributed by atoms with Crippen molar-refractivity contribution in [3.63, 3.8) is 0 Å². The Morgan fingerprint density at radius 1 is 1.39 bits per heavy atom. The third-order valence-corrected chi connectivity index (χ3v) is 3.01. The van der Waals surface area contributed by atoms with E-state index < -0.39 is 0 Å². The summed E-state index contributed by atoms with van der Waals surface area (Å²) in [5.74, 6) is -0.308. The molecule has 5 heteroatoms. The maximum atomic E-state index is 13.5. The molecule has 0 unspecified atom stereocenters. The Morgan fingerprint density at radius 3 is 2.83 bits per heavy atom. The number of nitrogens with one attached hydrogen (secondary N) is 1. The topological polar surface area (TPSA) is 29.9 Å². The average Bonchev–Trinajstić information content (AvgIpc) is 2.71. The summed E-state index contributed by atoms with van der Waals surface area (Å²) in [6.07, 6.45) is 0.888. The predicted octanol–water partition coefficient (Wildman–Crippen LogP) is 3.39. The number of nitrogens with zero attached hydrogens (tertiary/aromatic N) is 2. The van der Waals surface area contributed by atoms with Gasteiger partial charge in [0, 0.05) is 12.1 Å². The molecule has 1 aromatic carbocycles. The molecule has 0 aliphatic carbocycles. The van der Waals surface area contributed by atoms with Crippen LogP contribution >= 0.6 is 11.6 Å². The number of hydrogen-bond acceptors (Lipinski definition) is 2. The van der Waals surface area contributed by atoms with E-state index in [-0.39, 0.29) is 5.82 Å². The highest BCUT2D eigenvalue weighted by Crippen LogP contribution is 2.20. The summed E-state index contributed by atoms with van der Waals surface area (Å²) >= 11 is 5.83. The van der Waals surface area contributed by atoms with Crippen molar-refractivity contribution in [2.45, 2.75) is 19.9 Å². The van der Waals surface area contributed by atoms with Crippen LogP contribution in [0.15, 0.2) is 24.3 Å². The first-order valence-corrected chi connectivity index (χ1v) is 6.18. The van der Waals surface area contributed by atoms with Crippen molar-refractivity contribution >= 4 is 17.3 Å². The molecule has 0 aliphatic rings. The van der Waals surface area contributed by atoms with Crippen molar-refractivity contribution in [2.24, 2.45) is 7.05 Å². The fourth-order valence-electron chi connectivity index (χ4n) is 1.73. The van der Waals surface area contributed by atoms with Gasteiger partial charge in [-0.25, -0.2) is 4.39 Å². The highest BCUT2D eigenvalue weighted by atomic mass is 35.5. The molecular weight excluding hydrogens is 253 g/mol. The van der Waals surface area contributed by atoms with Gasteiger partial charge in [0.1, 0.15) is 5.82 Å². The minimum Gasteiger partial charge on any atom is -0.377 e. The molecule has 0 saturated carbocycles. The molecule has 1 N–H and O–H groups in total. The Balaban J connectivity index is 2.11. The van der Waals surface area contributed by atoms with Gasteiger partial charge in [0.2, 0.25) is 0 Å². The van der Waals surface area contributed by atoms with Crippen molar-refractivity contribution in [1.82, 2.24) is 9.78 Å². The first-order valence-electron chi connectivity index (χ1n) is 5.81. The number of hydrogen-bond donors (Lipinski definition) is 1. The van der Waals surface area contributed by atoms with Crippen molar-refractivity contribution in [2.75, 3.05) is 5.32 Å². The fourth-order valence-corrected chi connectivity index (χ4v) is 1.90. The molecule has 0 saturated heterocycles. The zero-order valence-corrected chi connectivity index (χ0v) is 11.1. The quantitative estimate of drug-likeness (QED) is 0.920. The lowest BCUT2D eigenvalue weighted by molar-refractivity contribution is 0.629. The Bertz CT molecular complexity index is 551. The van der Waals surface area contributed by atoms with Crippen LogP contribution in [0.4, 0.5) is 10.1 Å². The molecular formula is C13H15ClFN3. The number of anilines is 1. The van der Waals surface area contributed by atoms with Gasteiger partial charge in [-0.15, -0.1) is 0 Å². The van der Waals surface area contributed by atoms with E-state index in [0.29, 0.717) is 17.3 Å². The molecule has 0 bridgehead atoms. The molecule has 1 aromatic heterocycles. The number of benzene rings is 1. The predicted molar refractivity (Wildman–Crippen MR) is 71.3 cm³/mol. The van der Waals surface area contributed by atoms with Gasteiger partial charge in [-0.1, -0.05) is 18.5 Å². The van der Waals surface area contributed by atoms with Crippen LogP contribution < -0.4 is 5.32 Å². The first-order chi connectivity index (χ1) is 8.60. The van der Waals surface area contributed by atoms with E-state index in [9.17, 15) is 4.39 Å². The summed E-state index contributed by atoms with van der Waals surface area (Å²) in [5, 5.41) is 7.88. The van der Waals surface area contributed by atoms with E-state index in [1.54, 1.807) is 10.7 Å². The lowest BCUT2D eigenvalue weighted by atomic mass is 10.2. The van der Waals surface area contributed by atoms with Crippen LogP contribution in [0.1, 0.15) is 18.3 Å². The molecule has 1 heterocycles. The zero-order chi connectivity index (χ0) is 13.1. The summed E-state index contributed by atoms with van der Waals surface area (Å²) in [4.78, 5) is 0. The standard InChI is InChI=1S/C13H15ClFN3/c1-3-10-7-11(18(2)17-10)8-16-13-6-9(14)4-5-12(13)15/h4-7,16H,3,8H2,1-2H3. The third-order valence-electron chi connectivity index (χ3n) is 2.78. The van der Waals surface area contributed by atoms with Crippen molar-refractivity contribution in [3.8, 4) is 0 Å². The van der Waals surface area contributed by atoms with Gasteiger partial charge in [-0.3, -0.25) is 4.68 Å². The molecule has 0 fully saturated rings. The SMILES string of the molecule is CCc1cc(CNc2cc(Cl)ccc2F)n(C)n1. The summed E-state index contributed by atoms with van der Waals surface area (Å²) < 4.78 is 15.3. The molecule has 2 rings (SSSR count). The van der Waals surface area contributed by atoms with Gasteiger partial charge >= 0.3 is 0 Å². The van der Waals surface area contributed by atoms with E-state index in [2.05, 4.69) is 17.3 Å². The lowest BCUT2D eigenvalue weighted by Crippen LogP contribution is -2.06. The molecule has 0 amide bonds. The van der Waals surface area contributed by atoms with E-state index in [1.807, 2.05) is 13.1 Å². The van der Waals surface area contributed by atoms with Crippen LogP contribution in [0.25, 0.3) is 0 Å². The van der Waals surface area contributed by atoms with Crippen LogP contribution in [0.2, 0.25) is 5.02 Å². The minimum absolute atomic E-state index is 0.308. The Hall–Kier alpha value is -1.55. The molecule has 96 valence electrons. The smallest absolute Gasteiger partial charge is 0.146 e. The van der Waals surface area contributed by atoms with Crippen LogP contribution in [0.5, 0.6) is 0 Å². The van der Waals surface area contributed by atoms with Gasteiger partial charge in [0.25, 0.3) is 0 Å². The second-order valence-electron chi connectivity index (χ2n) is 4.08. The van der Waals surface area contributed by atoms with E-state index in [4.69, 9.17) is 11.6 Å². The number of aromatic nitrogens is 2. The summed E-state index contributed by atoms with van der Waals surface area (Å²) in [7, 11) is 1.88. The first kappa shape index (κ1) is 12.9. The number of rotatable bonds is 4. The second kappa shape index (κ2) is 5.40. The van der Waals surface area contributed by atoms with E-state index in [0.717, 1.165) is 17.8 Å². The summed E-state index contributed by atoms with van der Waals surface area (Å²) in [6.45, 7) is 2.57. The summed E-state index contributed by atoms with van der Waals surface area (Å²) in [5.41, 5.74) is 2.44. The Morgan fingerprint density at radius 2 is 2.17 bits per heavy atom. The highest BCUT2D eigenvalue weighted by molar-refractivity contribution is 6.30. The second-order valence-corrected chi connectivity index (χ2v) is 4.52. The summed E-state index contributed by atoms with van der Waals surface area (Å²) in [6, 6.07) is 6.47. The maximum absolute atomic E-state index is 13.5. The van der Waals surface area contributed by atoms with Crippen LogP contribution in [0, 0.1) is 5.82 Å². The van der Waals surface area contributed by atoms with E-state index >= 15 is 0 Å². The highest BCUT2D eigenvalue weighted by Gasteiger charge is 2.06. The zero-order valence-electron chi connectivity index (χ0n) is 10.4. The number of halogens is 2. The molecule has 3 nitrogen and oxygen atoms in total. The van der Waals surface area contributed by atoms with Crippen molar-refractivity contribution < 1.29 is 4.39 Å². The average molecular weight is 268 g/mol. The normalized spacial score (nSPS) is 10.7. The van der Waals surface area contributed by atoms with Crippen molar-refractivity contribution in [1.29, 1.82) is 0 Å². The van der Waals surface area contributed by atoms with Crippen LogP contribution in [-0.4, -0.2) is 9.78 Å². The van der Waals surface area contributed by atoms with Gasteiger partial charge in [-0.2, -0.15) is 5.10 Å². The minimum atomic E-state index is -0.308. The molecule has 0 atom stereocenters. The maximum Gasteiger partial charge on any atom is 0.146 e. The molecule has 0 radical (unpaired) electrons. The van der Waals surface area contributed by atoms with Gasteiger partial charge in [0.15, 0.2) is 0 Å². The number of aryl methyl sites for hydroxylation is 2. The van der Waals surface area contributed by atoms with E-state index in [1.165, 1.54) is 12.1 Å². The van der Waals surface area contributed by atoms with Crippen molar-refractivity contribution in [3.05, 3.63) is 46.5 Å². The van der Waals surface area contributed by atoms with Crippen LogP contribution in [-0.2, 0) is 20.0 Å². The largest absolute Gasteiger partial charge is 0.377 e. The Labute approximate surface area is 111 Å². The molecule has 0 aliphatic heterocycles. The third kappa shape index (κ3) is 2.82. The molecule has 0 spiro atoms. The molecule has 18 heavy (non-hydrogen) atoms. The van der Waals surface area contributed by atoms with Crippen LogP contribution in [0.3, 0.4) is 0 Å². The lowest BCUT2D eigenvalue weighted by Gasteiger charge is -2.08. The van der Waals surface area contributed by atoms with Gasteiger partial charge in [-0.05, 0) is 30.7 Å². The fraction of sp³-hybridized carbons (Fsp3) is 0.308. The monoisotopic (exact) mass is 267 g/mol. The Kier molecular flexibility index (Phi) is 3.87. The van der Waals surface area contributed by atoms with Gasteiger partial charge < -0.3 is 5.32 Å². The molecule has 2 aromatic rings. The van der Waals surface area contributed by atoms with Gasteiger partial charge in [0.05, 0.1) is 23.6 Å².